The molecule has 3 fully saturated rings. The van der Waals surface area contributed by atoms with Gasteiger partial charge in [-0.2, -0.15) is 0 Å². The second-order valence-electron chi connectivity index (χ2n) is 9.12. The van der Waals surface area contributed by atoms with Crippen molar-refractivity contribution >= 4 is 17.7 Å². The van der Waals surface area contributed by atoms with Crippen molar-refractivity contribution in [2.24, 2.45) is 11.8 Å². The minimum atomic E-state index is -0.198. The number of hydrogen-bond acceptors (Lipinski definition) is 4. The quantitative estimate of drug-likeness (QED) is 0.810. The van der Waals surface area contributed by atoms with Gasteiger partial charge in [0.2, 0.25) is 0 Å². The first-order valence-corrected chi connectivity index (χ1v) is 11.2. The van der Waals surface area contributed by atoms with Gasteiger partial charge in [-0.25, -0.2) is 0 Å². The number of carbonyl (C=O) groups is 1. The highest BCUT2D eigenvalue weighted by atomic mass is 16.1. The molecule has 2 saturated carbocycles. The number of fused-ring (bicyclic) bond motifs is 2. The fourth-order valence-corrected chi connectivity index (χ4v) is 6.58. The minimum absolute atomic E-state index is 0.198. The molecule has 0 amide bonds. The van der Waals surface area contributed by atoms with Crippen molar-refractivity contribution in [2.45, 2.75) is 76.0 Å². The molecule has 0 radical (unpaired) electrons. The Kier molecular flexibility index (Phi) is 4.85. The Labute approximate surface area is 163 Å². The van der Waals surface area contributed by atoms with Crippen LogP contribution < -0.4 is 10.2 Å². The number of aldehydes is 1. The fraction of sp³-hybridized carbons (Fsp3) is 0.696. The minimum Gasteiger partial charge on any atom is -0.358 e. The normalized spacial score (nSPS) is 34.6. The Balaban J connectivity index is 1.27. The summed E-state index contributed by atoms with van der Waals surface area (Å²) in [6.07, 6.45) is 13.4. The van der Waals surface area contributed by atoms with Gasteiger partial charge in [0.1, 0.15) is 0 Å². The molecule has 1 aromatic carbocycles. The molecular formula is C23H33N3O. The Bertz CT molecular complexity index is 667. The molecule has 4 heteroatoms. The lowest BCUT2D eigenvalue weighted by molar-refractivity contribution is -0.108. The van der Waals surface area contributed by atoms with Crippen molar-refractivity contribution < 1.29 is 4.79 Å². The Morgan fingerprint density at radius 1 is 0.926 bits per heavy atom. The summed E-state index contributed by atoms with van der Waals surface area (Å²) in [6.45, 7) is 2.39. The van der Waals surface area contributed by atoms with E-state index in [1.165, 1.54) is 76.6 Å². The zero-order valence-corrected chi connectivity index (χ0v) is 16.4. The van der Waals surface area contributed by atoms with Crippen LogP contribution >= 0.6 is 0 Å². The van der Waals surface area contributed by atoms with E-state index in [2.05, 4.69) is 33.3 Å². The summed E-state index contributed by atoms with van der Waals surface area (Å²) in [5, 5.41) is 3.39. The third-order valence-corrected chi connectivity index (χ3v) is 7.81. The van der Waals surface area contributed by atoms with Crippen LogP contribution in [0.25, 0.3) is 0 Å². The molecule has 4 nitrogen and oxygen atoms in total. The van der Waals surface area contributed by atoms with Crippen molar-refractivity contribution in [1.29, 1.82) is 0 Å². The number of anilines is 2. The smallest absolute Gasteiger partial charge is 0.162 e. The van der Waals surface area contributed by atoms with Gasteiger partial charge in [0.05, 0.1) is 11.4 Å². The average Bonchev–Trinajstić information content (AvgIpc) is 3.12. The topological polar surface area (TPSA) is 35.6 Å². The van der Waals surface area contributed by atoms with E-state index in [0.717, 1.165) is 29.9 Å². The molecule has 3 unspecified atom stereocenters. The number of likely N-dealkylation sites (tertiary alicyclic amines) is 1. The molecule has 1 saturated heterocycles. The second-order valence-corrected chi connectivity index (χ2v) is 9.12. The molecule has 146 valence electrons. The van der Waals surface area contributed by atoms with E-state index in [9.17, 15) is 4.79 Å². The van der Waals surface area contributed by atoms with E-state index in [1.54, 1.807) is 0 Å². The molecule has 27 heavy (non-hydrogen) atoms. The van der Waals surface area contributed by atoms with Crippen molar-refractivity contribution in [1.82, 2.24) is 4.90 Å². The molecule has 2 heterocycles. The van der Waals surface area contributed by atoms with Crippen LogP contribution in [0.1, 0.15) is 57.8 Å². The number of rotatable bonds is 3. The van der Waals surface area contributed by atoms with Crippen LogP contribution in [0, 0.1) is 11.8 Å². The van der Waals surface area contributed by atoms with Crippen LogP contribution in [-0.4, -0.2) is 42.5 Å². The van der Waals surface area contributed by atoms with Crippen molar-refractivity contribution in [3.63, 3.8) is 0 Å². The predicted molar refractivity (Wildman–Crippen MR) is 110 cm³/mol. The van der Waals surface area contributed by atoms with Gasteiger partial charge in [-0.05, 0) is 49.7 Å². The second kappa shape index (κ2) is 7.46. The first kappa shape index (κ1) is 17.5. The maximum atomic E-state index is 11.7. The number of piperidine rings is 1. The molecule has 0 aromatic heterocycles. The van der Waals surface area contributed by atoms with Crippen LogP contribution in [0.4, 0.5) is 11.4 Å². The van der Waals surface area contributed by atoms with Crippen LogP contribution in [0.2, 0.25) is 0 Å². The fourth-order valence-electron chi connectivity index (χ4n) is 6.58. The number of carbonyl (C=O) groups excluding carboxylic acids is 1. The van der Waals surface area contributed by atoms with Crippen LogP contribution in [0.5, 0.6) is 0 Å². The Morgan fingerprint density at radius 3 is 2.56 bits per heavy atom. The molecule has 4 aliphatic rings. The summed E-state index contributed by atoms with van der Waals surface area (Å²) in [5.41, 5.74) is 2.31. The maximum absolute atomic E-state index is 11.7. The van der Waals surface area contributed by atoms with Gasteiger partial charge in [0.25, 0.3) is 0 Å². The van der Waals surface area contributed by atoms with Gasteiger partial charge in [-0.15, -0.1) is 0 Å². The van der Waals surface area contributed by atoms with E-state index < -0.39 is 0 Å². The van der Waals surface area contributed by atoms with Gasteiger partial charge in [0, 0.05) is 25.2 Å². The van der Waals surface area contributed by atoms with E-state index in [-0.39, 0.29) is 6.17 Å². The molecule has 2 aliphatic heterocycles. The highest BCUT2D eigenvalue weighted by molar-refractivity contribution is 5.84. The molecule has 1 N–H and O–H groups in total. The van der Waals surface area contributed by atoms with Crippen LogP contribution in [-0.2, 0) is 4.79 Å². The van der Waals surface area contributed by atoms with Gasteiger partial charge < -0.3 is 10.2 Å². The van der Waals surface area contributed by atoms with Crippen molar-refractivity contribution in [2.75, 3.05) is 23.3 Å². The molecule has 5 rings (SSSR count). The van der Waals surface area contributed by atoms with Crippen molar-refractivity contribution in [3.8, 4) is 0 Å². The number of nitrogens with zero attached hydrogens (tertiary/aromatic N) is 2. The number of benzene rings is 1. The first-order valence-electron chi connectivity index (χ1n) is 11.2. The highest BCUT2D eigenvalue weighted by Gasteiger charge is 2.41. The lowest BCUT2D eigenvalue weighted by Crippen LogP contribution is -2.54. The number of para-hydroxylation sites is 2. The number of hydrogen-bond donors (Lipinski definition) is 1. The maximum Gasteiger partial charge on any atom is 0.162 e. The molecule has 4 atom stereocenters. The molecular weight excluding hydrogens is 334 g/mol. The molecule has 0 spiro atoms. The summed E-state index contributed by atoms with van der Waals surface area (Å²) in [5.74, 6) is 1.96. The Morgan fingerprint density at radius 2 is 1.70 bits per heavy atom. The van der Waals surface area contributed by atoms with Gasteiger partial charge >= 0.3 is 0 Å². The predicted octanol–water partition coefficient (Wildman–Crippen LogP) is 4.27. The van der Waals surface area contributed by atoms with Gasteiger partial charge in [-0.3, -0.25) is 9.69 Å². The summed E-state index contributed by atoms with van der Waals surface area (Å²) in [6, 6.07) is 9.68. The largest absolute Gasteiger partial charge is 0.358 e. The SMILES string of the molecule is O=C[C@@H]1Nc2ccccc2N1C1CCN(C2CCCC3CCCCC32)CC1. The molecule has 2 aliphatic carbocycles. The third kappa shape index (κ3) is 3.16. The lowest BCUT2D eigenvalue weighted by atomic mass is 9.67. The van der Waals surface area contributed by atoms with E-state index in [4.69, 9.17) is 0 Å². The van der Waals surface area contributed by atoms with E-state index in [0.29, 0.717) is 6.04 Å². The zero-order valence-electron chi connectivity index (χ0n) is 16.4. The van der Waals surface area contributed by atoms with E-state index in [1.807, 2.05) is 6.07 Å². The summed E-state index contributed by atoms with van der Waals surface area (Å²) in [4.78, 5) is 16.9. The summed E-state index contributed by atoms with van der Waals surface area (Å²) >= 11 is 0. The van der Waals surface area contributed by atoms with Gasteiger partial charge in [-0.1, -0.05) is 44.2 Å². The monoisotopic (exact) mass is 367 g/mol. The number of nitrogens with one attached hydrogen (secondary N) is 1. The molecule has 1 aromatic rings. The zero-order chi connectivity index (χ0) is 18.2. The summed E-state index contributed by atoms with van der Waals surface area (Å²) in [7, 11) is 0. The third-order valence-electron chi connectivity index (χ3n) is 7.81. The summed E-state index contributed by atoms with van der Waals surface area (Å²) < 4.78 is 0. The van der Waals surface area contributed by atoms with Crippen molar-refractivity contribution in [3.05, 3.63) is 24.3 Å². The Hall–Kier alpha value is -1.55. The first-order chi connectivity index (χ1) is 13.3. The lowest BCUT2D eigenvalue weighted by Gasteiger charge is -2.49. The van der Waals surface area contributed by atoms with Crippen LogP contribution in [0.3, 0.4) is 0 Å². The average molecular weight is 368 g/mol. The standard InChI is InChI=1S/C23H33N3O/c27-16-23-24-20-9-3-4-10-22(20)26(23)18-12-14-25(15-13-18)21-11-5-7-17-6-1-2-8-19(17)21/h3-4,9-10,16-19,21,23-24H,1-2,5-8,11-15H2/t17?,19?,21?,23-/m1/s1. The van der Waals surface area contributed by atoms with Gasteiger partial charge in [0.15, 0.2) is 12.5 Å². The highest BCUT2D eigenvalue weighted by Crippen LogP contribution is 2.44. The molecule has 0 bridgehead atoms. The van der Waals surface area contributed by atoms with Crippen LogP contribution in [0.15, 0.2) is 24.3 Å². The van der Waals surface area contributed by atoms with E-state index >= 15 is 0 Å².